The number of para-hydroxylation sites is 1. The molecule has 0 fully saturated rings. The Bertz CT molecular complexity index is 428. The number of hydrogen-bond acceptors (Lipinski definition) is 3. The van der Waals surface area contributed by atoms with E-state index in [1.165, 1.54) is 0 Å². The van der Waals surface area contributed by atoms with E-state index < -0.39 is 6.08 Å². The molecule has 0 aliphatic carbocycles. The van der Waals surface area contributed by atoms with Crippen LogP contribution in [-0.4, -0.2) is 9.97 Å². The highest BCUT2D eigenvalue weighted by Crippen LogP contribution is 2.15. The summed E-state index contributed by atoms with van der Waals surface area (Å²) in [4.78, 5) is 6.98. The van der Waals surface area contributed by atoms with E-state index in [4.69, 9.17) is 5.73 Å². The minimum Gasteiger partial charge on any atom is -0.383 e. The fourth-order valence-electron chi connectivity index (χ4n) is 1.07. The molecule has 0 unspecified atom stereocenters. The van der Waals surface area contributed by atoms with Gasteiger partial charge in [-0.2, -0.15) is 9.37 Å². The molecule has 0 amide bonds. The third kappa shape index (κ3) is 0.972. The number of nitrogens with two attached hydrogens (primary N) is 1. The summed E-state index contributed by atoms with van der Waals surface area (Å²) in [6.45, 7) is 0. The Labute approximate surface area is 68.1 Å². The Morgan fingerprint density at radius 3 is 2.75 bits per heavy atom. The number of anilines is 1. The van der Waals surface area contributed by atoms with Gasteiger partial charge in [0.05, 0.1) is 5.52 Å². The van der Waals surface area contributed by atoms with Crippen LogP contribution >= 0.6 is 0 Å². The predicted octanol–water partition coefficient (Wildman–Crippen LogP) is 1.35. The van der Waals surface area contributed by atoms with Crippen molar-refractivity contribution in [2.24, 2.45) is 0 Å². The second-order valence-electron chi connectivity index (χ2n) is 2.40. The molecule has 1 aromatic heterocycles. The fourth-order valence-corrected chi connectivity index (χ4v) is 1.07. The van der Waals surface area contributed by atoms with Crippen molar-refractivity contribution in [3.05, 3.63) is 30.3 Å². The monoisotopic (exact) mass is 163 g/mol. The molecule has 2 aromatic rings. The number of nitrogens with zero attached hydrogens (tertiary/aromatic N) is 2. The van der Waals surface area contributed by atoms with Crippen LogP contribution in [0.1, 0.15) is 0 Å². The van der Waals surface area contributed by atoms with Crippen molar-refractivity contribution in [3.63, 3.8) is 0 Å². The molecule has 0 saturated heterocycles. The molecule has 4 heteroatoms. The molecule has 0 radical (unpaired) electrons. The van der Waals surface area contributed by atoms with Crippen molar-refractivity contribution in [2.45, 2.75) is 0 Å². The average molecular weight is 163 g/mol. The van der Waals surface area contributed by atoms with Gasteiger partial charge in [-0.25, -0.2) is 4.98 Å². The summed E-state index contributed by atoms with van der Waals surface area (Å²) in [6, 6.07) is 7.02. The standard InChI is InChI=1S/C8H6FN3/c9-8-11-6-4-2-1-3-5(6)7(10)12-8/h1-4H,(H2,10,11,12). The van der Waals surface area contributed by atoms with Crippen LogP contribution in [0.15, 0.2) is 24.3 Å². The summed E-state index contributed by atoms with van der Waals surface area (Å²) in [5.74, 6) is 0.179. The van der Waals surface area contributed by atoms with E-state index in [1.807, 2.05) is 0 Å². The zero-order valence-corrected chi connectivity index (χ0v) is 6.16. The maximum absolute atomic E-state index is 12.6. The second-order valence-corrected chi connectivity index (χ2v) is 2.40. The number of hydrogen-bond donors (Lipinski definition) is 1. The lowest BCUT2D eigenvalue weighted by atomic mass is 10.2. The largest absolute Gasteiger partial charge is 0.383 e. The normalized spacial score (nSPS) is 10.4. The molecule has 0 atom stereocenters. The van der Waals surface area contributed by atoms with Crippen LogP contribution in [-0.2, 0) is 0 Å². The number of halogens is 1. The molecule has 0 bridgehead atoms. The fraction of sp³-hybridized carbons (Fsp3) is 0. The summed E-state index contributed by atoms with van der Waals surface area (Å²) >= 11 is 0. The molecule has 0 aliphatic heterocycles. The lowest BCUT2D eigenvalue weighted by Crippen LogP contribution is -1.97. The predicted molar refractivity (Wildman–Crippen MR) is 43.9 cm³/mol. The van der Waals surface area contributed by atoms with E-state index in [0.29, 0.717) is 10.9 Å². The van der Waals surface area contributed by atoms with Crippen LogP contribution in [0, 0.1) is 6.08 Å². The van der Waals surface area contributed by atoms with E-state index >= 15 is 0 Å². The first-order valence-electron chi connectivity index (χ1n) is 3.45. The van der Waals surface area contributed by atoms with Gasteiger partial charge in [0.15, 0.2) is 0 Å². The number of aromatic nitrogens is 2. The molecule has 0 spiro atoms. The Kier molecular flexibility index (Phi) is 1.40. The first-order valence-corrected chi connectivity index (χ1v) is 3.45. The van der Waals surface area contributed by atoms with E-state index in [9.17, 15) is 4.39 Å². The molecule has 12 heavy (non-hydrogen) atoms. The second kappa shape index (κ2) is 2.41. The summed E-state index contributed by atoms with van der Waals surface area (Å²) in [6.07, 6.45) is -0.786. The maximum Gasteiger partial charge on any atom is 0.311 e. The zero-order valence-electron chi connectivity index (χ0n) is 6.16. The van der Waals surface area contributed by atoms with Crippen molar-refractivity contribution < 1.29 is 4.39 Å². The van der Waals surface area contributed by atoms with Crippen LogP contribution in [0.3, 0.4) is 0 Å². The summed E-state index contributed by atoms with van der Waals surface area (Å²) in [5.41, 5.74) is 6.00. The highest BCUT2D eigenvalue weighted by Gasteiger charge is 2.01. The van der Waals surface area contributed by atoms with Gasteiger partial charge in [-0.05, 0) is 12.1 Å². The smallest absolute Gasteiger partial charge is 0.311 e. The van der Waals surface area contributed by atoms with Crippen LogP contribution < -0.4 is 5.73 Å². The Balaban J connectivity index is 2.89. The first kappa shape index (κ1) is 6.97. The van der Waals surface area contributed by atoms with Crippen LogP contribution in [0.4, 0.5) is 10.2 Å². The third-order valence-corrected chi connectivity index (χ3v) is 1.61. The van der Waals surface area contributed by atoms with E-state index in [0.717, 1.165) is 0 Å². The van der Waals surface area contributed by atoms with Crippen molar-refractivity contribution in [2.75, 3.05) is 5.73 Å². The van der Waals surface area contributed by atoms with E-state index in [2.05, 4.69) is 9.97 Å². The van der Waals surface area contributed by atoms with Gasteiger partial charge in [0, 0.05) is 5.39 Å². The molecule has 0 aliphatic rings. The lowest BCUT2D eigenvalue weighted by Gasteiger charge is -1.98. The number of benzene rings is 1. The summed E-state index contributed by atoms with van der Waals surface area (Å²) in [5, 5.41) is 0.680. The molecule has 2 N–H and O–H groups in total. The van der Waals surface area contributed by atoms with Gasteiger partial charge in [0.2, 0.25) is 0 Å². The van der Waals surface area contributed by atoms with Crippen molar-refractivity contribution >= 4 is 16.7 Å². The van der Waals surface area contributed by atoms with Gasteiger partial charge in [-0.1, -0.05) is 12.1 Å². The highest BCUT2D eigenvalue weighted by atomic mass is 19.1. The molecule has 1 aromatic carbocycles. The lowest BCUT2D eigenvalue weighted by molar-refractivity contribution is 0.546. The Morgan fingerprint density at radius 2 is 1.92 bits per heavy atom. The van der Waals surface area contributed by atoms with Crippen molar-refractivity contribution in [3.8, 4) is 0 Å². The molecule has 0 saturated carbocycles. The van der Waals surface area contributed by atoms with Gasteiger partial charge < -0.3 is 5.73 Å². The average Bonchev–Trinajstić information content (AvgIpc) is 2.04. The first-order chi connectivity index (χ1) is 5.77. The van der Waals surface area contributed by atoms with Crippen LogP contribution in [0.2, 0.25) is 0 Å². The number of fused-ring (bicyclic) bond motifs is 1. The topological polar surface area (TPSA) is 51.8 Å². The summed E-state index contributed by atoms with van der Waals surface area (Å²) in [7, 11) is 0. The van der Waals surface area contributed by atoms with E-state index in [1.54, 1.807) is 24.3 Å². The Morgan fingerprint density at radius 1 is 1.17 bits per heavy atom. The Hall–Kier alpha value is -1.71. The molecule has 3 nitrogen and oxygen atoms in total. The molecular weight excluding hydrogens is 157 g/mol. The molecule has 2 rings (SSSR count). The maximum atomic E-state index is 12.6. The molecule has 1 heterocycles. The molecule has 60 valence electrons. The van der Waals surface area contributed by atoms with Gasteiger partial charge in [0.1, 0.15) is 5.82 Å². The van der Waals surface area contributed by atoms with Crippen LogP contribution in [0.25, 0.3) is 10.9 Å². The van der Waals surface area contributed by atoms with Crippen molar-refractivity contribution in [1.29, 1.82) is 0 Å². The summed E-state index contributed by atoms with van der Waals surface area (Å²) < 4.78 is 12.6. The SMILES string of the molecule is Nc1nc(F)nc2ccccc12. The van der Waals surface area contributed by atoms with Gasteiger partial charge in [-0.15, -0.1) is 0 Å². The highest BCUT2D eigenvalue weighted by molar-refractivity contribution is 5.87. The van der Waals surface area contributed by atoms with E-state index in [-0.39, 0.29) is 5.82 Å². The van der Waals surface area contributed by atoms with Crippen LogP contribution in [0.5, 0.6) is 0 Å². The minimum atomic E-state index is -0.786. The quantitative estimate of drug-likeness (QED) is 0.596. The minimum absolute atomic E-state index is 0.179. The number of rotatable bonds is 0. The van der Waals surface area contributed by atoms with Gasteiger partial charge in [0.25, 0.3) is 0 Å². The van der Waals surface area contributed by atoms with Crippen molar-refractivity contribution in [1.82, 2.24) is 9.97 Å². The molecular formula is C8H6FN3. The number of nitrogen functional groups attached to an aromatic ring is 1. The third-order valence-electron chi connectivity index (χ3n) is 1.61. The zero-order chi connectivity index (χ0) is 8.55. The van der Waals surface area contributed by atoms with Gasteiger partial charge >= 0.3 is 6.08 Å². The van der Waals surface area contributed by atoms with Gasteiger partial charge in [-0.3, -0.25) is 0 Å².